The van der Waals surface area contributed by atoms with E-state index in [1.54, 1.807) is 9.80 Å². The topological polar surface area (TPSA) is 65.8 Å². The molecule has 1 aromatic heterocycles. The summed E-state index contributed by atoms with van der Waals surface area (Å²) in [4.78, 5) is 27.8. The zero-order valence-corrected chi connectivity index (χ0v) is 17.4. The number of fused-ring (bicyclic) bond motifs is 1. The summed E-state index contributed by atoms with van der Waals surface area (Å²) in [7, 11) is 1.95. The minimum atomic E-state index is -1.19. The summed E-state index contributed by atoms with van der Waals surface area (Å²) < 4.78 is 16.6. The second kappa shape index (κ2) is 8.39. The van der Waals surface area contributed by atoms with E-state index in [1.165, 1.54) is 12.1 Å². The van der Waals surface area contributed by atoms with Crippen LogP contribution in [0.5, 0.6) is 0 Å². The second-order valence-corrected chi connectivity index (χ2v) is 8.47. The standard InChI is InChI=1S/C22H22FN3O3S/c1-24-7-6-15-12-18(4-5-20(15)24)26(22(29)25-8-10-30-11-9-25)14-17-3-2-16(21(27)28)13-19(17)23/h2-7,12-13H,8-11,14H2,1H3,(H,27,28). The SMILES string of the molecule is Cn1ccc2cc(N(Cc3ccc(C(=O)O)cc3F)C(=O)N3CCSCC3)ccc21. The van der Waals surface area contributed by atoms with E-state index in [4.69, 9.17) is 5.11 Å². The molecule has 3 aromatic rings. The van der Waals surface area contributed by atoms with E-state index in [0.717, 1.165) is 28.5 Å². The average molecular weight is 428 g/mol. The molecule has 0 spiro atoms. The van der Waals surface area contributed by atoms with Crippen LogP contribution in [0.4, 0.5) is 14.9 Å². The lowest BCUT2D eigenvalue weighted by molar-refractivity contribution is 0.0696. The molecule has 0 saturated carbocycles. The van der Waals surface area contributed by atoms with Gasteiger partial charge in [0.1, 0.15) is 5.82 Å². The first kappa shape index (κ1) is 20.3. The Kier molecular flexibility index (Phi) is 5.67. The largest absolute Gasteiger partial charge is 0.478 e. The first-order valence-electron chi connectivity index (χ1n) is 9.65. The number of carboxylic acid groups (broad SMARTS) is 1. The van der Waals surface area contributed by atoms with Crippen LogP contribution >= 0.6 is 11.8 Å². The van der Waals surface area contributed by atoms with Crippen LogP contribution < -0.4 is 4.90 Å². The molecule has 8 heteroatoms. The highest BCUT2D eigenvalue weighted by Gasteiger charge is 2.25. The molecule has 1 N–H and O–H groups in total. The lowest BCUT2D eigenvalue weighted by atomic mass is 10.1. The number of urea groups is 1. The maximum absolute atomic E-state index is 14.6. The van der Waals surface area contributed by atoms with Crippen LogP contribution in [0.1, 0.15) is 15.9 Å². The molecule has 4 rings (SSSR count). The van der Waals surface area contributed by atoms with E-state index in [0.29, 0.717) is 18.8 Å². The Balaban J connectivity index is 1.71. The summed E-state index contributed by atoms with van der Waals surface area (Å²) in [5, 5.41) is 10.1. The molecule has 0 aliphatic carbocycles. The molecule has 1 aliphatic heterocycles. The summed E-state index contributed by atoms with van der Waals surface area (Å²) in [5.41, 5.74) is 1.87. The van der Waals surface area contributed by atoms with Gasteiger partial charge in [-0.25, -0.2) is 14.0 Å². The van der Waals surface area contributed by atoms with Gasteiger partial charge >= 0.3 is 12.0 Å². The number of carbonyl (C=O) groups excluding carboxylic acids is 1. The van der Waals surface area contributed by atoms with Gasteiger partial charge in [0.15, 0.2) is 0 Å². The van der Waals surface area contributed by atoms with Crippen molar-refractivity contribution in [3.8, 4) is 0 Å². The Morgan fingerprint density at radius 2 is 1.90 bits per heavy atom. The number of amides is 2. The molecule has 0 atom stereocenters. The fraction of sp³-hybridized carbons (Fsp3) is 0.273. The maximum Gasteiger partial charge on any atom is 0.335 e. The van der Waals surface area contributed by atoms with Crippen molar-refractivity contribution in [1.82, 2.24) is 9.47 Å². The highest BCUT2D eigenvalue weighted by atomic mass is 32.2. The Labute approximate surface area is 177 Å². The number of benzene rings is 2. The van der Waals surface area contributed by atoms with Gasteiger partial charge in [0.2, 0.25) is 0 Å². The molecule has 1 fully saturated rings. The molecule has 1 saturated heterocycles. The van der Waals surface area contributed by atoms with Crippen molar-refractivity contribution >= 4 is 40.4 Å². The molecule has 2 amide bonds. The Hall–Kier alpha value is -3.00. The molecule has 156 valence electrons. The first-order valence-corrected chi connectivity index (χ1v) is 10.8. The van der Waals surface area contributed by atoms with Crippen molar-refractivity contribution in [2.45, 2.75) is 6.54 Å². The number of halogens is 1. The Morgan fingerprint density at radius 3 is 2.60 bits per heavy atom. The highest BCUT2D eigenvalue weighted by Crippen LogP contribution is 2.27. The smallest absolute Gasteiger partial charge is 0.335 e. The Morgan fingerprint density at radius 1 is 1.13 bits per heavy atom. The van der Waals surface area contributed by atoms with Gasteiger partial charge < -0.3 is 14.6 Å². The zero-order valence-electron chi connectivity index (χ0n) is 16.5. The quantitative estimate of drug-likeness (QED) is 0.678. The molecule has 0 radical (unpaired) electrons. The minimum Gasteiger partial charge on any atom is -0.478 e. The van der Waals surface area contributed by atoms with E-state index in [1.807, 2.05) is 53.8 Å². The van der Waals surface area contributed by atoms with E-state index >= 15 is 0 Å². The Bertz CT molecular complexity index is 1110. The summed E-state index contributed by atoms with van der Waals surface area (Å²) >= 11 is 1.81. The van der Waals surface area contributed by atoms with Crippen molar-refractivity contribution in [3.05, 3.63) is 65.6 Å². The molecular formula is C22H22FN3O3S. The third-order valence-electron chi connectivity index (χ3n) is 5.32. The van der Waals surface area contributed by atoms with E-state index < -0.39 is 11.8 Å². The van der Waals surface area contributed by atoms with Crippen molar-refractivity contribution in [2.24, 2.45) is 7.05 Å². The van der Waals surface area contributed by atoms with E-state index in [2.05, 4.69) is 0 Å². The number of thioether (sulfide) groups is 1. The van der Waals surface area contributed by atoms with Crippen LogP contribution in [0.25, 0.3) is 10.9 Å². The molecule has 2 aromatic carbocycles. The van der Waals surface area contributed by atoms with Crippen LogP contribution in [-0.2, 0) is 13.6 Å². The summed E-state index contributed by atoms with van der Waals surface area (Å²) in [6, 6.07) is 11.3. The lowest BCUT2D eigenvalue weighted by Gasteiger charge is -2.33. The number of aromatic nitrogens is 1. The lowest BCUT2D eigenvalue weighted by Crippen LogP contribution is -2.46. The second-order valence-electron chi connectivity index (χ2n) is 7.25. The third-order valence-corrected chi connectivity index (χ3v) is 6.26. The van der Waals surface area contributed by atoms with Gasteiger partial charge in [0, 0.05) is 60.0 Å². The number of carbonyl (C=O) groups is 2. The number of anilines is 1. The van der Waals surface area contributed by atoms with Crippen molar-refractivity contribution in [3.63, 3.8) is 0 Å². The third kappa shape index (κ3) is 4.00. The van der Waals surface area contributed by atoms with E-state index in [-0.39, 0.29) is 23.7 Å². The predicted molar refractivity (Wildman–Crippen MR) is 117 cm³/mol. The van der Waals surface area contributed by atoms with Gasteiger partial charge in [-0.05, 0) is 36.4 Å². The van der Waals surface area contributed by atoms with E-state index in [9.17, 15) is 14.0 Å². The monoisotopic (exact) mass is 427 g/mol. The minimum absolute atomic E-state index is 0.0204. The summed E-state index contributed by atoms with van der Waals surface area (Å²) in [6.07, 6.45) is 1.95. The number of rotatable bonds is 4. The molecule has 6 nitrogen and oxygen atoms in total. The van der Waals surface area contributed by atoms with Gasteiger partial charge in [-0.2, -0.15) is 11.8 Å². The van der Waals surface area contributed by atoms with Gasteiger partial charge in [-0.3, -0.25) is 4.90 Å². The normalized spacial score (nSPS) is 14.1. The molecule has 30 heavy (non-hydrogen) atoms. The molecular weight excluding hydrogens is 405 g/mol. The first-order chi connectivity index (χ1) is 14.4. The summed E-state index contributed by atoms with van der Waals surface area (Å²) in [6.45, 7) is 1.31. The van der Waals surface area contributed by atoms with Crippen LogP contribution in [0.3, 0.4) is 0 Å². The molecule has 2 heterocycles. The fourth-order valence-electron chi connectivity index (χ4n) is 3.61. The number of hydrogen-bond acceptors (Lipinski definition) is 3. The van der Waals surface area contributed by atoms with Crippen molar-refractivity contribution < 1.29 is 19.1 Å². The van der Waals surface area contributed by atoms with Crippen LogP contribution in [-0.4, -0.2) is 51.2 Å². The molecule has 1 aliphatic rings. The van der Waals surface area contributed by atoms with Crippen molar-refractivity contribution in [2.75, 3.05) is 29.5 Å². The summed E-state index contributed by atoms with van der Waals surface area (Å²) in [5.74, 6) is -0.0748. The molecule has 0 unspecified atom stereocenters. The number of hydrogen-bond donors (Lipinski definition) is 1. The fourth-order valence-corrected chi connectivity index (χ4v) is 4.51. The van der Waals surface area contributed by atoms with Gasteiger partial charge in [-0.15, -0.1) is 0 Å². The van der Waals surface area contributed by atoms with Gasteiger partial charge in [-0.1, -0.05) is 6.07 Å². The number of aryl methyl sites for hydroxylation is 1. The average Bonchev–Trinajstić information content (AvgIpc) is 3.13. The number of carboxylic acids is 1. The van der Waals surface area contributed by atoms with Gasteiger partial charge in [0.25, 0.3) is 0 Å². The predicted octanol–water partition coefficient (Wildman–Crippen LogP) is 4.19. The van der Waals surface area contributed by atoms with Crippen LogP contribution in [0, 0.1) is 5.82 Å². The number of nitrogens with zero attached hydrogens (tertiary/aromatic N) is 3. The number of aromatic carboxylic acids is 1. The van der Waals surface area contributed by atoms with Crippen LogP contribution in [0.15, 0.2) is 48.7 Å². The maximum atomic E-state index is 14.6. The van der Waals surface area contributed by atoms with Gasteiger partial charge in [0.05, 0.1) is 12.1 Å². The highest BCUT2D eigenvalue weighted by molar-refractivity contribution is 7.99. The van der Waals surface area contributed by atoms with Crippen LogP contribution in [0.2, 0.25) is 0 Å². The zero-order chi connectivity index (χ0) is 21.3. The van der Waals surface area contributed by atoms with Crippen molar-refractivity contribution in [1.29, 1.82) is 0 Å². The molecule has 0 bridgehead atoms.